The molecular formula is C19H22N2O4. The lowest BCUT2D eigenvalue weighted by molar-refractivity contribution is 0.0519. The van der Waals surface area contributed by atoms with Crippen molar-refractivity contribution in [1.29, 1.82) is 0 Å². The molecule has 132 valence electrons. The number of pyridine rings is 1. The number of hydrogen-bond donors (Lipinski definition) is 0. The van der Waals surface area contributed by atoms with Gasteiger partial charge >= 0.3 is 5.97 Å². The van der Waals surface area contributed by atoms with E-state index in [1.165, 1.54) is 0 Å². The van der Waals surface area contributed by atoms with Crippen LogP contribution in [0.2, 0.25) is 0 Å². The first-order valence-electron chi connectivity index (χ1n) is 8.22. The van der Waals surface area contributed by atoms with Gasteiger partial charge < -0.3 is 14.2 Å². The summed E-state index contributed by atoms with van der Waals surface area (Å²) in [7, 11) is 3.30. The fourth-order valence-corrected chi connectivity index (χ4v) is 3.00. The molecule has 1 aromatic carbocycles. The van der Waals surface area contributed by atoms with Crippen LogP contribution in [0.25, 0.3) is 0 Å². The summed E-state index contributed by atoms with van der Waals surface area (Å²) in [6.45, 7) is 4.44. The second kappa shape index (κ2) is 7.53. The molecule has 0 N–H and O–H groups in total. The third-order valence-electron chi connectivity index (χ3n) is 4.24. The van der Waals surface area contributed by atoms with Crippen molar-refractivity contribution in [3.63, 3.8) is 0 Å². The van der Waals surface area contributed by atoms with Crippen molar-refractivity contribution >= 4 is 5.97 Å². The molecule has 0 fully saturated rings. The maximum Gasteiger partial charge on any atom is 0.356 e. The maximum atomic E-state index is 11.8. The molecule has 0 spiro atoms. The van der Waals surface area contributed by atoms with E-state index in [4.69, 9.17) is 14.2 Å². The van der Waals surface area contributed by atoms with Crippen LogP contribution in [-0.4, -0.2) is 36.7 Å². The Morgan fingerprint density at radius 3 is 2.68 bits per heavy atom. The van der Waals surface area contributed by atoms with Crippen molar-refractivity contribution in [2.75, 3.05) is 20.8 Å². The van der Waals surface area contributed by atoms with Crippen molar-refractivity contribution < 1.29 is 19.0 Å². The normalized spacial score (nSPS) is 13.4. The Hall–Kier alpha value is -2.60. The fourth-order valence-electron chi connectivity index (χ4n) is 3.00. The number of benzene rings is 1. The van der Waals surface area contributed by atoms with E-state index >= 15 is 0 Å². The minimum Gasteiger partial charge on any atom is -0.497 e. The van der Waals surface area contributed by atoms with Crippen molar-refractivity contribution in [2.24, 2.45) is 0 Å². The molecule has 6 nitrogen and oxygen atoms in total. The second-order valence-electron chi connectivity index (χ2n) is 5.88. The highest BCUT2D eigenvalue weighted by Gasteiger charge is 2.22. The maximum absolute atomic E-state index is 11.8. The first kappa shape index (κ1) is 17.2. The van der Waals surface area contributed by atoms with Gasteiger partial charge in [0, 0.05) is 37.5 Å². The SMILES string of the molecule is CCOC(=O)c1cc2c(cn1)CN(Cc1ccc(OC)cc1OC)C2. The minimum atomic E-state index is -0.374. The number of carbonyl (C=O) groups is 1. The number of nitrogens with zero attached hydrogens (tertiary/aromatic N) is 2. The van der Waals surface area contributed by atoms with Crippen LogP contribution in [0.4, 0.5) is 0 Å². The van der Waals surface area contributed by atoms with Crippen molar-refractivity contribution in [2.45, 2.75) is 26.6 Å². The summed E-state index contributed by atoms with van der Waals surface area (Å²) < 4.78 is 15.7. The minimum absolute atomic E-state index is 0.348. The van der Waals surface area contributed by atoms with Gasteiger partial charge in [0.1, 0.15) is 17.2 Å². The van der Waals surface area contributed by atoms with E-state index in [2.05, 4.69) is 9.88 Å². The predicted molar refractivity (Wildman–Crippen MR) is 92.7 cm³/mol. The first-order valence-corrected chi connectivity index (χ1v) is 8.22. The zero-order valence-corrected chi connectivity index (χ0v) is 14.7. The summed E-state index contributed by atoms with van der Waals surface area (Å²) in [4.78, 5) is 18.3. The molecule has 25 heavy (non-hydrogen) atoms. The Morgan fingerprint density at radius 2 is 1.96 bits per heavy atom. The van der Waals surface area contributed by atoms with E-state index < -0.39 is 0 Å². The van der Waals surface area contributed by atoms with Gasteiger partial charge in [0.2, 0.25) is 0 Å². The van der Waals surface area contributed by atoms with Gasteiger partial charge in [0.05, 0.1) is 20.8 Å². The third-order valence-corrected chi connectivity index (χ3v) is 4.24. The van der Waals surface area contributed by atoms with Crippen LogP contribution < -0.4 is 9.47 Å². The zero-order chi connectivity index (χ0) is 17.8. The van der Waals surface area contributed by atoms with Crippen LogP contribution in [0.5, 0.6) is 11.5 Å². The average Bonchev–Trinajstić information content (AvgIpc) is 3.03. The van der Waals surface area contributed by atoms with Gasteiger partial charge in [-0.2, -0.15) is 0 Å². The summed E-state index contributed by atoms with van der Waals surface area (Å²) >= 11 is 0. The molecule has 0 radical (unpaired) electrons. The number of fused-ring (bicyclic) bond motifs is 1. The quantitative estimate of drug-likeness (QED) is 0.753. The van der Waals surface area contributed by atoms with E-state index in [0.717, 1.165) is 47.8 Å². The van der Waals surface area contributed by atoms with Gasteiger partial charge in [-0.15, -0.1) is 0 Å². The Bertz CT molecular complexity index is 776. The van der Waals surface area contributed by atoms with Crippen molar-refractivity contribution in [3.05, 3.63) is 52.8 Å². The van der Waals surface area contributed by atoms with Gasteiger partial charge in [-0.05, 0) is 30.2 Å². The number of rotatable bonds is 6. The zero-order valence-electron chi connectivity index (χ0n) is 14.7. The highest BCUT2D eigenvalue weighted by molar-refractivity contribution is 5.87. The molecule has 1 aromatic heterocycles. The molecule has 0 saturated heterocycles. The number of methoxy groups -OCH3 is 2. The summed E-state index contributed by atoms with van der Waals surface area (Å²) in [6, 6.07) is 7.67. The fraction of sp³-hybridized carbons (Fsp3) is 0.368. The Kier molecular flexibility index (Phi) is 5.19. The lowest BCUT2D eigenvalue weighted by Crippen LogP contribution is -2.16. The van der Waals surface area contributed by atoms with Crippen molar-refractivity contribution in [1.82, 2.24) is 9.88 Å². The molecule has 0 bridgehead atoms. The van der Waals surface area contributed by atoms with Gasteiger partial charge in [-0.3, -0.25) is 4.90 Å². The topological polar surface area (TPSA) is 60.9 Å². The van der Waals surface area contributed by atoms with Gasteiger partial charge in [-0.25, -0.2) is 9.78 Å². The summed E-state index contributed by atoms with van der Waals surface area (Å²) in [6.07, 6.45) is 1.77. The molecule has 6 heteroatoms. The standard InChI is InChI=1S/C19H22N2O4/c1-4-25-19(22)17-7-14-11-21(12-15(14)9-20-17)10-13-5-6-16(23-2)8-18(13)24-3/h5-9H,4,10-12H2,1-3H3. The smallest absolute Gasteiger partial charge is 0.356 e. The first-order chi connectivity index (χ1) is 12.1. The van der Waals surface area contributed by atoms with E-state index in [9.17, 15) is 4.79 Å². The number of carbonyl (C=O) groups excluding carboxylic acids is 1. The molecule has 2 heterocycles. The Morgan fingerprint density at radius 1 is 1.16 bits per heavy atom. The molecule has 0 amide bonds. The molecule has 0 saturated carbocycles. The Labute approximate surface area is 147 Å². The van der Waals surface area contributed by atoms with Gasteiger partial charge in [0.25, 0.3) is 0 Å². The summed E-state index contributed by atoms with van der Waals surface area (Å²) in [5.41, 5.74) is 3.71. The molecule has 0 aliphatic carbocycles. The van der Waals surface area contributed by atoms with Crippen LogP contribution in [-0.2, 0) is 24.4 Å². The van der Waals surface area contributed by atoms with Crippen LogP contribution in [0.3, 0.4) is 0 Å². The number of aromatic nitrogens is 1. The highest BCUT2D eigenvalue weighted by Crippen LogP contribution is 2.29. The highest BCUT2D eigenvalue weighted by atomic mass is 16.5. The predicted octanol–water partition coefficient (Wildman–Crippen LogP) is 2.79. The molecule has 1 aliphatic heterocycles. The number of hydrogen-bond acceptors (Lipinski definition) is 6. The molecule has 2 aromatic rings. The lowest BCUT2D eigenvalue weighted by Gasteiger charge is -2.17. The monoisotopic (exact) mass is 342 g/mol. The molecular weight excluding hydrogens is 320 g/mol. The second-order valence-corrected chi connectivity index (χ2v) is 5.88. The number of esters is 1. The van der Waals surface area contributed by atoms with Crippen LogP contribution in [0.1, 0.15) is 34.1 Å². The lowest BCUT2D eigenvalue weighted by atomic mass is 10.1. The van der Waals surface area contributed by atoms with Gasteiger partial charge in [0.15, 0.2) is 0 Å². The largest absolute Gasteiger partial charge is 0.497 e. The van der Waals surface area contributed by atoms with Gasteiger partial charge in [-0.1, -0.05) is 6.07 Å². The number of ether oxygens (including phenoxy) is 3. The molecule has 3 rings (SSSR count). The Balaban J connectivity index is 1.73. The third kappa shape index (κ3) is 3.74. The van der Waals surface area contributed by atoms with Crippen LogP contribution in [0, 0.1) is 0 Å². The van der Waals surface area contributed by atoms with E-state index in [1.807, 2.05) is 24.3 Å². The summed E-state index contributed by atoms with van der Waals surface area (Å²) in [5.74, 6) is 1.20. The summed E-state index contributed by atoms with van der Waals surface area (Å²) in [5, 5.41) is 0. The van der Waals surface area contributed by atoms with E-state index in [1.54, 1.807) is 27.3 Å². The van der Waals surface area contributed by atoms with Crippen LogP contribution >= 0.6 is 0 Å². The molecule has 1 aliphatic rings. The van der Waals surface area contributed by atoms with Crippen molar-refractivity contribution in [3.8, 4) is 11.5 Å². The molecule has 0 unspecified atom stereocenters. The molecule has 0 atom stereocenters. The average molecular weight is 342 g/mol. The van der Waals surface area contributed by atoms with Crippen LogP contribution in [0.15, 0.2) is 30.5 Å². The van der Waals surface area contributed by atoms with E-state index in [-0.39, 0.29) is 5.97 Å². The van der Waals surface area contributed by atoms with E-state index in [0.29, 0.717) is 12.3 Å².